The van der Waals surface area contributed by atoms with Crippen LogP contribution < -0.4 is 4.90 Å². The van der Waals surface area contributed by atoms with Gasteiger partial charge in [-0.3, -0.25) is 4.79 Å². The number of benzene rings is 2. The van der Waals surface area contributed by atoms with Gasteiger partial charge < -0.3 is 4.90 Å². The van der Waals surface area contributed by atoms with Crippen molar-refractivity contribution in [3.05, 3.63) is 82.9 Å². The number of hydrogen-bond donors (Lipinski definition) is 0. The van der Waals surface area contributed by atoms with Gasteiger partial charge >= 0.3 is 0 Å². The Morgan fingerprint density at radius 2 is 1.45 bits per heavy atom. The van der Waals surface area contributed by atoms with E-state index in [1.807, 2.05) is 36.4 Å². The molecule has 3 aromatic rings. The van der Waals surface area contributed by atoms with Gasteiger partial charge in [-0.25, -0.2) is 4.98 Å². The van der Waals surface area contributed by atoms with Crippen molar-refractivity contribution in [2.45, 2.75) is 13.1 Å². The molecule has 22 heavy (non-hydrogen) atoms. The highest BCUT2D eigenvalue weighted by atomic mass is 32.1. The zero-order valence-electron chi connectivity index (χ0n) is 12.1. The van der Waals surface area contributed by atoms with Crippen molar-refractivity contribution in [2.75, 3.05) is 4.90 Å². The van der Waals surface area contributed by atoms with Crippen molar-refractivity contribution in [2.24, 2.45) is 0 Å². The van der Waals surface area contributed by atoms with Crippen LogP contribution in [0.5, 0.6) is 0 Å². The van der Waals surface area contributed by atoms with Gasteiger partial charge in [-0.05, 0) is 11.1 Å². The molecule has 0 saturated carbocycles. The fourth-order valence-corrected chi connectivity index (χ4v) is 3.00. The fourth-order valence-electron chi connectivity index (χ4n) is 2.28. The lowest BCUT2D eigenvalue weighted by Crippen LogP contribution is -2.21. The molecule has 0 fully saturated rings. The fraction of sp³-hybridized carbons (Fsp3) is 0.111. The molecule has 0 amide bonds. The number of nitrogens with zero attached hydrogens (tertiary/aromatic N) is 2. The summed E-state index contributed by atoms with van der Waals surface area (Å²) in [6.07, 6.45) is 2.49. The van der Waals surface area contributed by atoms with Gasteiger partial charge in [0, 0.05) is 13.1 Å². The Bertz CT molecular complexity index is 684. The molecule has 0 N–H and O–H groups in total. The number of aldehydes is 1. The van der Waals surface area contributed by atoms with E-state index in [2.05, 4.69) is 34.1 Å². The van der Waals surface area contributed by atoms with Crippen LogP contribution in [0.3, 0.4) is 0 Å². The summed E-state index contributed by atoms with van der Waals surface area (Å²) in [6, 6.07) is 20.6. The molecule has 0 aliphatic rings. The number of hydrogen-bond acceptors (Lipinski definition) is 4. The summed E-state index contributed by atoms with van der Waals surface area (Å²) < 4.78 is 0. The lowest BCUT2D eigenvalue weighted by molar-refractivity contribution is 0.112. The van der Waals surface area contributed by atoms with E-state index in [1.165, 1.54) is 22.5 Å². The number of aromatic nitrogens is 1. The maximum atomic E-state index is 10.9. The Hall–Kier alpha value is -2.46. The van der Waals surface area contributed by atoms with E-state index in [4.69, 9.17) is 0 Å². The molecule has 0 spiro atoms. The highest BCUT2D eigenvalue weighted by Gasteiger charge is 2.12. The van der Waals surface area contributed by atoms with Crippen molar-refractivity contribution < 1.29 is 4.79 Å². The Morgan fingerprint density at radius 3 is 1.91 bits per heavy atom. The molecule has 1 aromatic heterocycles. The van der Waals surface area contributed by atoms with Crippen molar-refractivity contribution >= 4 is 22.8 Å². The summed E-state index contributed by atoms with van der Waals surface area (Å²) in [5.41, 5.74) is 2.45. The lowest BCUT2D eigenvalue weighted by atomic mass is 10.2. The maximum Gasteiger partial charge on any atom is 0.186 e. The summed E-state index contributed by atoms with van der Waals surface area (Å²) in [5, 5.41) is 0.870. The van der Waals surface area contributed by atoms with Crippen LogP contribution in [0.2, 0.25) is 0 Å². The SMILES string of the molecule is O=Cc1cnc(N(Cc2ccccc2)Cc2ccccc2)s1. The Balaban J connectivity index is 1.86. The molecule has 0 bridgehead atoms. The lowest BCUT2D eigenvalue weighted by Gasteiger charge is -2.22. The van der Waals surface area contributed by atoms with E-state index in [0.29, 0.717) is 4.88 Å². The third-order valence-electron chi connectivity index (χ3n) is 3.33. The van der Waals surface area contributed by atoms with Crippen LogP contribution in [0, 0.1) is 0 Å². The first-order valence-electron chi connectivity index (χ1n) is 7.09. The second kappa shape index (κ2) is 7.00. The number of carbonyl (C=O) groups is 1. The second-order valence-electron chi connectivity index (χ2n) is 4.99. The topological polar surface area (TPSA) is 33.2 Å². The van der Waals surface area contributed by atoms with E-state index in [-0.39, 0.29) is 0 Å². The first-order valence-corrected chi connectivity index (χ1v) is 7.90. The number of anilines is 1. The zero-order chi connectivity index (χ0) is 15.2. The van der Waals surface area contributed by atoms with Crippen molar-refractivity contribution in [1.82, 2.24) is 4.98 Å². The predicted molar refractivity (Wildman–Crippen MR) is 90.3 cm³/mol. The van der Waals surface area contributed by atoms with E-state index in [9.17, 15) is 4.79 Å². The van der Waals surface area contributed by atoms with Gasteiger partial charge in [-0.15, -0.1) is 0 Å². The summed E-state index contributed by atoms with van der Waals surface area (Å²) >= 11 is 1.43. The Kier molecular flexibility index (Phi) is 4.61. The van der Waals surface area contributed by atoms with Crippen LogP contribution in [-0.4, -0.2) is 11.3 Å². The molecule has 110 valence electrons. The van der Waals surface area contributed by atoms with Crippen LogP contribution in [-0.2, 0) is 13.1 Å². The van der Waals surface area contributed by atoms with Crippen molar-refractivity contribution in [3.8, 4) is 0 Å². The Morgan fingerprint density at radius 1 is 0.909 bits per heavy atom. The van der Waals surface area contributed by atoms with E-state index in [0.717, 1.165) is 24.5 Å². The predicted octanol–water partition coefficient (Wildman–Crippen LogP) is 4.16. The average molecular weight is 308 g/mol. The summed E-state index contributed by atoms with van der Waals surface area (Å²) in [7, 11) is 0. The monoisotopic (exact) mass is 308 g/mol. The van der Waals surface area contributed by atoms with Crippen molar-refractivity contribution in [1.29, 1.82) is 0 Å². The third-order valence-corrected chi connectivity index (χ3v) is 4.31. The molecule has 3 rings (SSSR count). The normalized spacial score (nSPS) is 10.4. The zero-order valence-corrected chi connectivity index (χ0v) is 12.9. The smallest absolute Gasteiger partial charge is 0.186 e. The quantitative estimate of drug-likeness (QED) is 0.641. The van der Waals surface area contributed by atoms with Crippen LogP contribution in [0.1, 0.15) is 20.8 Å². The average Bonchev–Trinajstić information content (AvgIpc) is 3.05. The molecule has 2 aromatic carbocycles. The molecule has 0 radical (unpaired) electrons. The van der Waals surface area contributed by atoms with Crippen LogP contribution in [0.4, 0.5) is 5.13 Å². The van der Waals surface area contributed by atoms with Gasteiger partial charge in [0.2, 0.25) is 0 Å². The molecular weight excluding hydrogens is 292 g/mol. The summed E-state index contributed by atoms with van der Waals surface area (Å²) in [5.74, 6) is 0. The third kappa shape index (κ3) is 3.59. The van der Waals surface area contributed by atoms with Gasteiger partial charge in [-0.2, -0.15) is 0 Å². The molecule has 0 aliphatic heterocycles. The number of thiazole rings is 1. The van der Waals surface area contributed by atoms with Gasteiger partial charge in [0.1, 0.15) is 0 Å². The van der Waals surface area contributed by atoms with Gasteiger partial charge in [-0.1, -0.05) is 72.0 Å². The molecule has 4 heteroatoms. The number of rotatable bonds is 6. The molecule has 0 saturated heterocycles. The molecule has 3 nitrogen and oxygen atoms in total. The van der Waals surface area contributed by atoms with Gasteiger partial charge in [0.15, 0.2) is 11.4 Å². The van der Waals surface area contributed by atoms with Crippen LogP contribution >= 0.6 is 11.3 Å². The number of carbonyl (C=O) groups excluding carboxylic acids is 1. The largest absolute Gasteiger partial charge is 0.339 e. The van der Waals surface area contributed by atoms with E-state index < -0.39 is 0 Å². The molecular formula is C18H16N2OS. The molecule has 0 unspecified atom stereocenters. The highest BCUT2D eigenvalue weighted by Crippen LogP contribution is 2.25. The molecule has 0 atom stereocenters. The van der Waals surface area contributed by atoms with Crippen LogP contribution in [0.15, 0.2) is 66.9 Å². The first-order chi connectivity index (χ1) is 10.8. The van der Waals surface area contributed by atoms with E-state index in [1.54, 1.807) is 6.20 Å². The minimum atomic E-state index is 0.654. The van der Waals surface area contributed by atoms with Gasteiger partial charge in [0.05, 0.1) is 11.1 Å². The summed E-state index contributed by atoms with van der Waals surface area (Å²) in [6.45, 7) is 1.53. The molecule has 0 aliphatic carbocycles. The maximum absolute atomic E-state index is 10.9. The highest BCUT2D eigenvalue weighted by molar-refractivity contribution is 7.17. The minimum Gasteiger partial charge on any atom is -0.339 e. The molecule has 1 heterocycles. The van der Waals surface area contributed by atoms with Crippen LogP contribution in [0.25, 0.3) is 0 Å². The Labute approximate surface area is 133 Å². The van der Waals surface area contributed by atoms with E-state index >= 15 is 0 Å². The van der Waals surface area contributed by atoms with Gasteiger partial charge in [0.25, 0.3) is 0 Å². The summed E-state index contributed by atoms with van der Waals surface area (Å²) in [4.78, 5) is 18.2. The minimum absolute atomic E-state index is 0.654. The van der Waals surface area contributed by atoms with Crippen molar-refractivity contribution in [3.63, 3.8) is 0 Å². The second-order valence-corrected chi connectivity index (χ2v) is 6.03. The standard InChI is InChI=1S/C18H16N2OS/c21-14-17-11-19-18(22-17)20(12-15-7-3-1-4-8-15)13-16-9-5-2-6-10-16/h1-11,14H,12-13H2. The first kappa shape index (κ1) is 14.5.